The second kappa shape index (κ2) is 9.04. The summed E-state index contributed by atoms with van der Waals surface area (Å²) < 4.78 is 5.23. The topological polar surface area (TPSA) is 63.2 Å². The number of nitrogens with zero attached hydrogens (tertiary/aromatic N) is 1. The largest absolute Gasteiger partial charge is 0.497 e. The number of hydrogen-bond acceptors (Lipinski definition) is 4. The van der Waals surface area contributed by atoms with E-state index in [1.807, 2.05) is 30.3 Å². The van der Waals surface area contributed by atoms with Gasteiger partial charge in [-0.05, 0) is 73.4 Å². The van der Waals surface area contributed by atoms with Gasteiger partial charge in [-0.3, -0.25) is 4.79 Å². The fourth-order valence-corrected chi connectivity index (χ4v) is 2.86. The van der Waals surface area contributed by atoms with E-state index in [-0.39, 0.29) is 5.91 Å². The number of aryl methyl sites for hydroxylation is 2. The molecule has 3 aromatic rings. The molecule has 5 heteroatoms. The number of ether oxygens (including phenoxy) is 1. The minimum absolute atomic E-state index is 0.117. The molecular formula is C23H25N3O2. The van der Waals surface area contributed by atoms with Gasteiger partial charge in [0.1, 0.15) is 11.6 Å². The van der Waals surface area contributed by atoms with Crippen molar-refractivity contribution in [1.29, 1.82) is 0 Å². The van der Waals surface area contributed by atoms with Crippen LogP contribution in [0.2, 0.25) is 0 Å². The summed E-state index contributed by atoms with van der Waals surface area (Å²) in [6.07, 6.45) is 2.38. The third kappa shape index (κ3) is 5.10. The number of amides is 1. The van der Waals surface area contributed by atoms with Gasteiger partial charge >= 0.3 is 0 Å². The normalized spacial score (nSPS) is 10.4. The van der Waals surface area contributed by atoms with Gasteiger partial charge in [0.25, 0.3) is 5.91 Å². The average Bonchev–Trinajstić information content (AvgIpc) is 2.71. The lowest BCUT2D eigenvalue weighted by Crippen LogP contribution is -2.25. The van der Waals surface area contributed by atoms with Crippen LogP contribution in [0.3, 0.4) is 0 Å². The first-order valence-corrected chi connectivity index (χ1v) is 9.26. The zero-order chi connectivity index (χ0) is 19.9. The highest BCUT2D eigenvalue weighted by Crippen LogP contribution is 2.19. The van der Waals surface area contributed by atoms with E-state index in [2.05, 4.69) is 41.6 Å². The number of pyridine rings is 1. The number of benzene rings is 2. The molecule has 0 fully saturated rings. The van der Waals surface area contributed by atoms with Crippen LogP contribution in [0.5, 0.6) is 5.75 Å². The number of anilines is 2. The van der Waals surface area contributed by atoms with E-state index in [0.29, 0.717) is 17.9 Å². The van der Waals surface area contributed by atoms with Crippen LogP contribution < -0.4 is 15.4 Å². The van der Waals surface area contributed by atoms with Crippen molar-refractivity contribution >= 4 is 17.4 Å². The van der Waals surface area contributed by atoms with Crippen molar-refractivity contribution in [3.8, 4) is 5.75 Å². The van der Waals surface area contributed by atoms with Crippen LogP contribution in [0.25, 0.3) is 0 Å². The summed E-state index contributed by atoms with van der Waals surface area (Å²) in [5.74, 6) is 1.34. The number of carbonyl (C=O) groups is 1. The molecular weight excluding hydrogens is 350 g/mol. The first-order chi connectivity index (χ1) is 13.5. The highest BCUT2D eigenvalue weighted by Gasteiger charge is 2.07. The molecule has 0 aliphatic rings. The van der Waals surface area contributed by atoms with E-state index in [9.17, 15) is 4.79 Å². The van der Waals surface area contributed by atoms with Crippen molar-refractivity contribution in [3.05, 3.63) is 83.0 Å². The molecule has 0 saturated carbocycles. The van der Waals surface area contributed by atoms with Gasteiger partial charge in [-0.2, -0.15) is 0 Å². The fourth-order valence-electron chi connectivity index (χ4n) is 2.86. The van der Waals surface area contributed by atoms with Crippen LogP contribution in [-0.4, -0.2) is 24.5 Å². The molecule has 0 aliphatic carbocycles. The molecule has 2 N–H and O–H groups in total. The Balaban J connectivity index is 1.59. The molecule has 0 bridgehead atoms. The molecule has 3 rings (SSSR count). The maximum absolute atomic E-state index is 12.5. The Morgan fingerprint density at radius 3 is 2.68 bits per heavy atom. The fraction of sp³-hybridized carbons (Fsp3) is 0.217. The van der Waals surface area contributed by atoms with E-state index in [4.69, 9.17) is 4.74 Å². The van der Waals surface area contributed by atoms with Crippen molar-refractivity contribution in [2.75, 3.05) is 19.0 Å². The number of rotatable bonds is 7. The maximum Gasteiger partial charge on any atom is 0.251 e. The highest BCUT2D eigenvalue weighted by molar-refractivity contribution is 5.94. The molecule has 0 radical (unpaired) electrons. The smallest absolute Gasteiger partial charge is 0.251 e. The van der Waals surface area contributed by atoms with Gasteiger partial charge in [-0.15, -0.1) is 0 Å². The Labute approximate surface area is 165 Å². The Kier molecular flexibility index (Phi) is 6.27. The highest BCUT2D eigenvalue weighted by atomic mass is 16.5. The van der Waals surface area contributed by atoms with Gasteiger partial charge in [0.2, 0.25) is 0 Å². The van der Waals surface area contributed by atoms with E-state index >= 15 is 0 Å². The summed E-state index contributed by atoms with van der Waals surface area (Å²) in [6, 6.07) is 17.5. The van der Waals surface area contributed by atoms with Crippen molar-refractivity contribution in [3.63, 3.8) is 0 Å². The molecule has 0 saturated heterocycles. The Morgan fingerprint density at radius 1 is 1.04 bits per heavy atom. The molecule has 0 spiro atoms. The Hall–Kier alpha value is -3.34. The lowest BCUT2D eigenvalue weighted by molar-refractivity contribution is 0.0954. The third-order valence-electron chi connectivity index (χ3n) is 4.63. The van der Waals surface area contributed by atoms with Crippen molar-refractivity contribution in [1.82, 2.24) is 10.3 Å². The van der Waals surface area contributed by atoms with Gasteiger partial charge in [-0.25, -0.2) is 4.98 Å². The summed E-state index contributed by atoms with van der Waals surface area (Å²) in [4.78, 5) is 16.8. The first-order valence-electron chi connectivity index (χ1n) is 9.26. The predicted octanol–water partition coefficient (Wildman–Crippen LogP) is 4.42. The van der Waals surface area contributed by atoms with Crippen molar-refractivity contribution in [2.24, 2.45) is 0 Å². The van der Waals surface area contributed by atoms with Crippen LogP contribution >= 0.6 is 0 Å². The molecule has 1 heterocycles. The van der Waals surface area contributed by atoms with Crippen LogP contribution in [0.1, 0.15) is 27.0 Å². The molecule has 28 heavy (non-hydrogen) atoms. The minimum atomic E-state index is -0.117. The molecule has 5 nitrogen and oxygen atoms in total. The summed E-state index contributed by atoms with van der Waals surface area (Å²) in [5, 5.41) is 6.21. The van der Waals surface area contributed by atoms with Gasteiger partial charge in [-0.1, -0.05) is 18.2 Å². The second-order valence-electron chi connectivity index (χ2n) is 6.71. The van der Waals surface area contributed by atoms with E-state index in [0.717, 1.165) is 23.4 Å². The van der Waals surface area contributed by atoms with E-state index in [1.54, 1.807) is 25.4 Å². The van der Waals surface area contributed by atoms with Crippen LogP contribution in [-0.2, 0) is 6.42 Å². The summed E-state index contributed by atoms with van der Waals surface area (Å²) in [6.45, 7) is 4.70. The maximum atomic E-state index is 12.5. The van der Waals surface area contributed by atoms with Gasteiger partial charge < -0.3 is 15.4 Å². The third-order valence-corrected chi connectivity index (χ3v) is 4.63. The standard InChI is InChI=1S/C23H25N3O2/c1-16-7-8-20(13-17(16)2)26-22-15-19(10-12-24-22)23(27)25-11-9-18-5-4-6-21(14-18)28-3/h4-8,10,12-15H,9,11H2,1-3H3,(H,24,26)(H,25,27). The lowest BCUT2D eigenvalue weighted by Gasteiger charge is -2.10. The quantitative estimate of drug-likeness (QED) is 0.641. The SMILES string of the molecule is COc1cccc(CCNC(=O)c2ccnc(Nc3ccc(C)c(C)c3)c2)c1. The summed E-state index contributed by atoms with van der Waals surface area (Å²) in [5.41, 5.74) is 5.09. The number of methoxy groups -OCH3 is 1. The van der Waals surface area contributed by atoms with Crippen molar-refractivity contribution < 1.29 is 9.53 Å². The van der Waals surface area contributed by atoms with Crippen LogP contribution in [0, 0.1) is 13.8 Å². The lowest BCUT2D eigenvalue weighted by atomic mass is 10.1. The average molecular weight is 375 g/mol. The van der Waals surface area contributed by atoms with Gasteiger partial charge in [0, 0.05) is 24.0 Å². The summed E-state index contributed by atoms with van der Waals surface area (Å²) in [7, 11) is 1.65. The summed E-state index contributed by atoms with van der Waals surface area (Å²) >= 11 is 0. The molecule has 0 aliphatic heterocycles. The second-order valence-corrected chi connectivity index (χ2v) is 6.71. The van der Waals surface area contributed by atoms with Crippen LogP contribution in [0.15, 0.2) is 60.8 Å². The predicted molar refractivity (Wildman–Crippen MR) is 112 cm³/mol. The zero-order valence-electron chi connectivity index (χ0n) is 16.5. The molecule has 0 unspecified atom stereocenters. The van der Waals surface area contributed by atoms with E-state index in [1.165, 1.54) is 11.1 Å². The van der Waals surface area contributed by atoms with Crippen molar-refractivity contribution in [2.45, 2.75) is 20.3 Å². The number of aromatic nitrogens is 1. The zero-order valence-corrected chi connectivity index (χ0v) is 16.5. The van der Waals surface area contributed by atoms with Crippen LogP contribution in [0.4, 0.5) is 11.5 Å². The number of hydrogen-bond donors (Lipinski definition) is 2. The minimum Gasteiger partial charge on any atom is -0.497 e. The number of carbonyl (C=O) groups excluding carboxylic acids is 1. The van der Waals surface area contributed by atoms with E-state index < -0.39 is 0 Å². The number of nitrogens with one attached hydrogen (secondary N) is 2. The molecule has 1 aromatic heterocycles. The van der Waals surface area contributed by atoms with Gasteiger partial charge in [0.05, 0.1) is 7.11 Å². The monoisotopic (exact) mass is 375 g/mol. The Morgan fingerprint density at radius 2 is 1.89 bits per heavy atom. The molecule has 2 aromatic carbocycles. The van der Waals surface area contributed by atoms with Gasteiger partial charge in [0.15, 0.2) is 0 Å². The molecule has 144 valence electrons. The Bertz CT molecular complexity index is 970. The molecule has 1 amide bonds. The molecule has 0 atom stereocenters. The first kappa shape index (κ1) is 19.4.